The number of halogens is 1. The zero-order valence-corrected chi connectivity index (χ0v) is 11.4. The van der Waals surface area contributed by atoms with Crippen LogP contribution in [0.5, 0.6) is 0 Å². The van der Waals surface area contributed by atoms with Gasteiger partial charge < -0.3 is 9.73 Å². The van der Waals surface area contributed by atoms with E-state index in [4.69, 9.17) is 16.0 Å². The van der Waals surface area contributed by atoms with Gasteiger partial charge in [-0.05, 0) is 23.8 Å². The Labute approximate surface area is 121 Å². The summed E-state index contributed by atoms with van der Waals surface area (Å²) in [6.45, 7) is 0. The molecule has 20 heavy (non-hydrogen) atoms. The minimum Gasteiger partial charge on any atom is -0.463 e. The quantitative estimate of drug-likeness (QED) is 0.724. The topological polar surface area (TPSA) is 42.2 Å². The normalized spacial score (nSPS) is 10.7. The first-order valence-electron chi connectivity index (χ1n) is 6.20. The highest BCUT2D eigenvalue weighted by atomic mass is 35.5. The van der Waals surface area contributed by atoms with Gasteiger partial charge in [-0.1, -0.05) is 30.3 Å². The molecule has 0 aliphatic carbocycles. The van der Waals surface area contributed by atoms with E-state index in [9.17, 15) is 4.79 Å². The number of para-hydroxylation sites is 1. The van der Waals surface area contributed by atoms with Gasteiger partial charge >= 0.3 is 0 Å². The molecule has 0 aliphatic rings. The van der Waals surface area contributed by atoms with E-state index in [2.05, 4.69) is 5.32 Å². The van der Waals surface area contributed by atoms with Gasteiger partial charge in [-0.15, -0.1) is 11.6 Å². The van der Waals surface area contributed by atoms with Crippen LogP contribution in [0.15, 0.2) is 59.2 Å². The van der Waals surface area contributed by atoms with Gasteiger partial charge in [-0.3, -0.25) is 4.79 Å². The van der Waals surface area contributed by atoms with Crippen molar-refractivity contribution < 1.29 is 9.21 Å². The molecule has 1 heterocycles. The molecule has 0 atom stereocenters. The number of anilines is 1. The largest absolute Gasteiger partial charge is 0.463 e. The van der Waals surface area contributed by atoms with Crippen LogP contribution in [0, 0.1) is 0 Å². The molecule has 1 N–H and O–H groups in total. The first-order valence-corrected chi connectivity index (χ1v) is 6.74. The Morgan fingerprint density at radius 1 is 1.10 bits per heavy atom. The molecule has 2 aromatic carbocycles. The van der Waals surface area contributed by atoms with Crippen molar-refractivity contribution in [2.45, 2.75) is 5.88 Å². The summed E-state index contributed by atoms with van der Waals surface area (Å²) in [7, 11) is 0. The Hall–Kier alpha value is -2.26. The fraction of sp³-hybridized carbons (Fsp3) is 0.0625. The van der Waals surface area contributed by atoms with Crippen molar-refractivity contribution in [2.75, 3.05) is 5.32 Å². The molecule has 3 rings (SSSR count). The van der Waals surface area contributed by atoms with Gasteiger partial charge in [0.1, 0.15) is 11.8 Å². The summed E-state index contributed by atoms with van der Waals surface area (Å²) in [5.74, 6) is 0.272. The average Bonchev–Trinajstić information content (AvgIpc) is 2.92. The molecule has 0 spiro atoms. The third-order valence-corrected chi connectivity index (χ3v) is 3.40. The van der Waals surface area contributed by atoms with Crippen molar-refractivity contribution in [3.63, 3.8) is 0 Å². The summed E-state index contributed by atoms with van der Waals surface area (Å²) < 4.78 is 5.37. The number of benzene rings is 2. The fourth-order valence-corrected chi connectivity index (χ4v) is 2.21. The van der Waals surface area contributed by atoms with Gasteiger partial charge in [-0.25, -0.2) is 0 Å². The predicted molar refractivity (Wildman–Crippen MR) is 80.2 cm³/mol. The number of rotatable bonds is 3. The number of nitrogens with one attached hydrogen (secondary N) is 1. The lowest BCUT2D eigenvalue weighted by molar-refractivity contribution is 0.102. The third-order valence-electron chi connectivity index (χ3n) is 3.09. The SMILES string of the molecule is O=C(Nc1ccc(CCl)cc1)c1coc2ccccc12. The van der Waals surface area contributed by atoms with Crippen LogP contribution in [-0.2, 0) is 5.88 Å². The molecular weight excluding hydrogens is 274 g/mol. The van der Waals surface area contributed by atoms with Crippen LogP contribution in [0.3, 0.4) is 0 Å². The molecule has 100 valence electrons. The molecule has 1 amide bonds. The standard InChI is InChI=1S/C16H12ClNO2/c17-9-11-5-7-12(8-6-11)18-16(19)14-10-20-15-4-2-1-3-13(14)15/h1-8,10H,9H2,(H,18,19). The summed E-state index contributed by atoms with van der Waals surface area (Å²) in [6, 6.07) is 14.9. The Morgan fingerprint density at radius 3 is 2.60 bits per heavy atom. The Morgan fingerprint density at radius 2 is 1.85 bits per heavy atom. The molecule has 3 nitrogen and oxygen atoms in total. The lowest BCUT2D eigenvalue weighted by Crippen LogP contribution is -2.11. The number of carbonyl (C=O) groups excluding carboxylic acids is 1. The molecule has 1 aromatic heterocycles. The molecule has 3 aromatic rings. The summed E-state index contributed by atoms with van der Waals surface area (Å²) in [6.07, 6.45) is 1.48. The van der Waals surface area contributed by atoms with Gasteiger partial charge in [0.05, 0.1) is 5.56 Å². The molecule has 0 bridgehead atoms. The molecule has 0 saturated heterocycles. The fourth-order valence-electron chi connectivity index (χ4n) is 2.03. The summed E-state index contributed by atoms with van der Waals surface area (Å²) >= 11 is 5.73. The number of carbonyl (C=O) groups is 1. The predicted octanol–water partition coefficient (Wildman–Crippen LogP) is 4.42. The van der Waals surface area contributed by atoms with Crippen LogP contribution in [0.4, 0.5) is 5.69 Å². The second kappa shape index (κ2) is 5.39. The second-order valence-corrected chi connectivity index (χ2v) is 4.70. The Kier molecular flexibility index (Phi) is 3.44. The van der Waals surface area contributed by atoms with E-state index < -0.39 is 0 Å². The first-order chi connectivity index (χ1) is 9.78. The van der Waals surface area contributed by atoms with Crippen LogP contribution in [0.1, 0.15) is 15.9 Å². The van der Waals surface area contributed by atoms with Crippen molar-refractivity contribution >= 4 is 34.2 Å². The van der Waals surface area contributed by atoms with E-state index in [1.165, 1.54) is 6.26 Å². The summed E-state index contributed by atoms with van der Waals surface area (Å²) in [4.78, 5) is 12.2. The Balaban J connectivity index is 1.85. The number of furan rings is 1. The van der Waals surface area contributed by atoms with Gasteiger partial charge in [0.15, 0.2) is 0 Å². The zero-order chi connectivity index (χ0) is 13.9. The smallest absolute Gasteiger partial charge is 0.259 e. The van der Waals surface area contributed by atoms with Gasteiger partial charge in [0.25, 0.3) is 5.91 Å². The maximum Gasteiger partial charge on any atom is 0.259 e. The molecule has 0 saturated carbocycles. The highest BCUT2D eigenvalue weighted by molar-refractivity contribution is 6.17. The molecular formula is C16H12ClNO2. The van der Waals surface area contributed by atoms with E-state index >= 15 is 0 Å². The zero-order valence-electron chi connectivity index (χ0n) is 10.6. The highest BCUT2D eigenvalue weighted by Crippen LogP contribution is 2.22. The lowest BCUT2D eigenvalue weighted by Gasteiger charge is -2.04. The van der Waals surface area contributed by atoms with E-state index in [-0.39, 0.29) is 5.91 Å². The van der Waals surface area contributed by atoms with Crippen LogP contribution < -0.4 is 5.32 Å². The molecule has 0 unspecified atom stereocenters. The highest BCUT2D eigenvalue weighted by Gasteiger charge is 2.13. The number of hydrogen-bond donors (Lipinski definition) is 1. The number of alkyl halides is 1. The first kappa shape index (κ1) is 12.8. The third kappa shape index (κ3) is 2.40. The van der Waals surface area contributed by atoms with Crippen LogP contribution >= 0.6 is 11.6 Å². The molecule has 4 heteroatoms. The van der Waals surface area contributed by atoms with Crippen molar-refractivity contribution in [1.82, 2.24) is 0 Å². The van der Waals surface area contributed by atoms with Crippen LogP contribution in [0.25, 0.3) is 11.0 Å². The molecule has 0 aliphatic heterocycles. The monoisotopic (exact) mass is 285 g/mol. The van der Waals surface area contributed by atoms with E-state index in [1.807, 2.05) is 48.5 Å². The Bertz CT molecular complexity index is 747. The summed E-state index contributed by atoms with van der Waals surface area (Å²) in [5, 5.41) is 3.65. The number of fused-ring (bicyclic) bond motifs is 1. The number of hydrogen-bond acceptors (Lipinski definition) is 2. The minimum atomic E-state index is -0.187. The maximum absolute atomic E-state index is 12.2. The lowest BCUT2D eigenvalue weighted by atomic mass is 10.1. The van der Waals surface area contributed by atoms with E-state index in [1.54, 1.807) is 0 Å². The maximum atomic E-state index is 12.2. The summed E-state index contributed by atoms with van der Waals surface area (Å²) in [5.41, 5.74) is 2.98. The van der Waals surface area contributed by atoms with Crippen LogP contribution in [0.2, 0.25) is 0 Å². The van der Waals surface area contributed by atoms with Crippen molar-refractivity contribution in [3.8, 4) is 0 Å². The van der Waals surface area contributed by atoms with Gasteiger partial charge in [-0.2, -0.15) is 0 Å². The number of amides is 1. The van der Waals surface area contributed by atoms with Gasteiger partial charge in [0.2, 0.25) is 0 Å². The second-order valence-electron chi connectivity index (χ2n) is 4.43. The van der Waals surface area contributed by atoms with E-state index in [0.717, 1.165) is 16.6 Å². The molecule has 0 radical (unpaired) electrons. The van der Waals surface area contributed by atoms with Crippen molar-refractivity contribution in [1.29, 1.82) is 0 Å². The van der Waals surface area contributed by atoms with Crippen molar-refractivity contribution in [3.05, 3.63) is 65.9 Å². The van der Waals surface area contributed by atoms with Crippen LogP contribution in [-0.4, -0.2) is 5.91 Å². The average molecular weight is 286 g/mol. The molecule has 0 fully saturated rings. The van der Waals surface area contributed by atoms with Gasteiger partial charge in [0, 0.05) is 17.0 Å². The minimum absolute atomic E-state index is 0.187. The van der Waals surface area contributed by atoms with Crippen molar-refractivity contribution in [2.24, 2.45) is 0 Å². The van der Waals surface area contributed by atoms with E-state index in [0.29, 0.717) is 17.0 Å².